The van der Waals surface area contributed by atoms with Crippen molar-refractivity contribution in [1.82, 2.24) is 4.90 Å². The molecule has 1 aliphatic carbocycles. The number of aliphatic carboxylic acids is 1. The molecule has 18 heavy (non-hydrogen) atoms. The third-order valence-corrected chi connectivity index (χ3v) is 3.92. The van der Waals surface area contributed by atoms with Crippen molar-refractivity contribution in [3.8, 4) is 0 Å². The van der Waals surface area contributed by atoms with Crippen LogP contribution in [0.1, 0.15) is 46.0 Å². The summed E-state index contributed by atoms with van der Waals surface area (Å²) in [5.74, 6) is -1.09. The number of methoxy groups -OCH3 is 1. The van der Waals surface area contributed by atoms with Gasteiger partial charge in [-0.3, -0.25) is 9.59 Å². The van der Waals surface area contributed by atoms with E-state index in [2.05, 4.69) is 0 Å². The lowest BCUT2D eigenvalue weighted by molar-refractivity contribution is -0.152. The lowest BCUT2D eigenvalue weighted by Gasteiger charge is -2.41. The molecule has 0 bridgehead atoms. The van der Waals surface area contributed by atoms with E-state index in [4.69, 9.17) is 9.84 Å². The molecular weight excluding hydrogens is 234 g/mol. The number of carbonyl (C=O) groups is 2. The molecule has 1 rings (SSSR count). The Balaban J connectivity index is 2.66. The van der Waals surface area contributed by atoms with Crippen LogP contribution >= 0.6 is 0 Å². The molecule has 0 aromatic heterocycles. The van der Waals surface area contributed by atoms with Gasteiger partial charge in [-0.25, -0.2) is 0 Å². The monoisotopic (exact) mass is 257 g/mol. The Morgan fingerprint density at radius 3 is 2.39 bits per heavy atom. The van der Waals surface area contributed by atoms with E-state index in [0.29, 0.717) is 6.42 Å². The first-order valence-corrected chi connectivity index (χ1v) is 6.50. The molecule has 104 valence electrons. The van der Waals surface area contributed by atoms with Crippen LogP contribution in [-0.2, 0) is 14.3 Å². The van der Waals surface area contributed by atoms with Crippen LogP contribution in [0.5, 0.6) is 0 Å². The van der Waals surface area contributed by atoms with Crippen molar-refractivity contribution < 1.29 is 19.4 Å². The number of carboxylic acids is 1. The average molecular weight is 257 g/mol. The van der Waals surface area contributed by atoms with E-state index in [1.165, 1.54) is 4.90 Å². The number of ether oxygens (including phenoxy) is 1. The molecule has 5 nitrogen and oxygen atoms in total. The van der Waals surface area contributed by atoms with E-state index in [1.807, 2.05) is 13.8 Å². The summed E-state index contributed by atoms with van der Waals surface area (Å²) in [7, 11) is 1.62. The van der Waals surface area contributed by atoms with Crippen molar-refractivity contribution >= 4 is 11.9 Å². The van der Waals surface area contributed by atoms with Gasteiger partial charge in [-0.15, -0.1) is 0 Å². The largest absolute Gasteiger partial charge is 0.480 e. The van der Waals surface area contributed by atoms with Crippen molar-refractivity contribution in [2.75, 3.05) is 13.7 Å². The van der Waals surface area contributed by atoms with E-state index in [-0.39, 0.29) is 24.1 Å². The molecule has 1 N–H and O–H groups in total. The molecule has 0 saturated heterocycles. The minimum atomic E-state index is -0.969. The van der Waals surface area contributed by atoms with Gasteiger partial charge in [0, 0.05) is 13.2 Å². The number of hydrogen-bond acceptors (Lipinski definition) is 3. The molecular formula is C13H23NO4. The lowest BCUT2D eigenvalue weighted by atomic mass is 9.77. The fourth-order valence-corrected chi connectivity index (χ4v) is 2.26. The van der Waals surface area contributed by atoms with Gasteiger partial charge in [-0.2, -0.15) is 0 Å². The summed E-state index contributed by atoms with van der Waals surface area (Å²) in [6.07, 6.45) is 3.89. The van der Waals surface area contributed by atoms with Crippen LogP contribution in [0, 0.1) is 0 Å². The number of carbonyl (C=O) groups excluding carboxylic acids is 1. The topological polar surface area (TPSA) is 66.8 Å². The fourth-order valence-electron chi connectivity index (χ4n) is 2.26. The smallest absolute Gasteiger partial charge is 0.323 e. The third kappa shape index (κ3) is 3.45. The molecule has 1 unspecified atom stereocenters. The third-order valence-electron chi connectivity index (χ3n) is 3.92. The SMILES string of the molecule is CCC(C)N(CC(=O)O)C(=O)CC1(OC)CCC1. The molecule has 1 amide bonds. The van der Waals surface area contributed by atoms with E-state index < -0.39 is 5.97 Å². The van der Waals surface area contributed by atoms with Crippen molar-refractivity contribution in [3.05, 3.63) is 0 Å². The summed E-state index contributed by atoms with van der Waals surface area (Å²) >= 11 is 0. The van der Waals surface area contributed by atoms with Crippen LogP contribution in [0.3, 0.4) is 0 Å². The summed E-state index contributed by atoms with van der Waals surface area (Å²) in [4.78, 5) is 24.5. The van der Waals surface area contributed by atoms with E-state index >= 15 is 0 Å². The maximum absolute atomic E-state index is 12.2. The molecule has 0 aromatic rings. The Hall–Kier alpha value is -1.10. The average Bonchev–Trinajstić information content (AvgIpc) is 2.29. The first kappa shape index (κ1) is 15.0. The Kier molecular flexibility index (Phi) is 5.14. The minimum Gasteiger partial charge on any atom is -0.480 e. The van der Waals surface area contributed by atoms with Crippen LogP contribution in [0.15, 0.2) is 0 Å². The molecule has 0 aliphatic heterocycles. The van der Waals surface area contributed by atoms with Gasteiger partial charge in [0.2, 0.25) is 5.91 Å². The summed E-state index contributed by atoms with van der Waals surface area (Å²) in [6, 6.07) is -0.0532. The van der Waals surface area contributed by atoms with E-state index in [1.54, 1.807) is 7.11 Å². The second kappa shape index (κ2) is 6.18. The highest BCUT2D eigenvalue weighted by molar-refractivity contribution is 5.82. The maximum Gasteiger partial charge on any atom is 0.323 e. The van der Waals surface area contributed by atoms with Gasteiger partial charge >= 0.3 is 5.97 Å². The molecule has 1 fully saturated rings. The predicted octanol–water partition coefficient (Wildman–Crippen LogP) is 1.66. The van der Waals surface area contributed by atoms with Crippen molar-refractivity contribution in [2.24, 2.45) is 0 Å². The van der Waals surface area contributed by atoms with Crippen molar-refractivity contribution in [1.29, 1.82) is 0 Å². The highest BCUT2D eigenvalue weighted by Gasteiger charge is 2.40. The number of carboxylic acid groups (broad SMARTS) is 1. The summed E-state index contributed by atoms with van der Waals surface area (Å²) < 4.78 is 5.42. The normalized spacial score (nSPS) is 18.8. The quantitative estimate of drug-likeness (QED) is 0.753. The standard InChI is InChI=1S/C13H23NO4/c1-4-10(2)14(9-12(16)17)11(15)8-13(18-3)6-5-7-13/h10H,4-9H2,1-3H3,(H,16,17). The zero-order valence-electron chi connectivity index (χ0n) is 11.4. The van der Waals surface area contributed by atoms with Crippen LogP contribution in [0.2, 0.25) is 0 Å². The van der Waals surface area contributed by atoms with Gasteiger partial charge in [0.15, 0.2) is 0 Å². The molecule has 0 spiro atoms. The Labute approximate surface area is 108 Å². The van der Waals surface area contributed by atoms with Crippen molar-refractivity contribution in [2.45, 2.75) is 57.6 Å². The Bertz CT molecular complexity index is 307. The summed E-state index contributed by atoms with van der Waals surface area (Å²) in [5.41, 5.74) is -0.346. The zero-order chi connectivity index (χ0) is 13.8. The van der Waals surface area contributed by atoms with Gasteiger partial charge in [0.25, 0.3) is 0 Å². The number of amides is 1. The molecule has 1 saturated carbocycles. The second-order valence-electron chi connectivity index (χ2n) is 5.09. The van der Waals surface area contributed by atoms with Gasteiger partial charge in [-0.05, 0) is 32.6 Å². The molecule has 5 heteroatoms. The van der Waals surface area contributed by atoms with E-state index in [9.17, 15) is 9.59 Å². The van der Waals surface area contributed by atoms with Crippen LogP contribution in [0.4, 0.5) is 0 Å². The lowest BCUT2D eigenvalue weighted by Crippen LogP contribution is -2.48. The van der Waals surface area contributed by atoms with Gasteiger partial charge < -0.3 is 14.7 Å². The highest BCUT2D eigenvalue weighted by Crippen LogP contribution is 2.38. The highest BCUT2D eigenvalue weighted by atomic mass is 16.5. The molecule has 1 atom stereocenters. The predicted molar refractivity (Wildman–Crippen MR) is 67.3 cm³/mol. The van der Waals surface area contributed by atoms with Crippen molar-refractivity contribution in [3.63, 3.8) is 0 Å². The number of rotatable bonds is 7. The number of nitrogens with zero attached hydrogens (tertiary/aromatic N) is 1. The van der Waals surface area contributed by atoms with E-state index in [0.717, 1.165) is 25.7 Å². The van der Waals surface area contributed by atoms with Gasteiger partial charge in [0.1, 0.15) is 6.54 Å². The van der Waals surface area contributed by atoms with Gasteiger partial charge in [0.05, 0.1) is 12.0 Å². The molecule has 0 heterocycles. The van der Waals surface area contributed by atoms with Gasteiger partial charge in [-0.1, -0.05) is 6.92 Å². The second-order valence-corrected chi connectivity index (χ2v) is 5.09. The van der Waals surface area contributed by atoms with Crippen LogP contribution in [-0.4, -0.2) is 47.2 Å². The first-order valence-electron chi connectivity index (χ1n) is 6.50. The minimum absolute atomic E-state index is 0.0532. The first-order chi connectivity index (χ1) is 8.44. The Morgan fingerprint density at radius 2 is 2.06 bits per heavy atom. The molecule has 0 aromatic carbocycles. The summed E-state index contributed by atoms with van der Waals surface area (Å²) in [5, 5.41) is 8.88. The zero-order valence-corrected chi connectivity index (χ0v) is 11.4. The Morgan fingerprint density at radius 1 is 1.44 bits per heavy atom. The summed E-state index contributed by atoms with van der Waals surface area (Å²) in [6.45, 7) is 3.59. The fraction of sp³-hybridized carbons (Fsp3) is 0.846. The van der Waals surface area contributed by atoms with Crippen LogP contribution in [0.25, 0.3) is 0 Å². The molecule has 0 radical (unpaired) electrons. The maximum atomic E-state index is 12.2. The molecule has 1 aliphatic rings. The van der Waals surface area contributed by atoms with Crippen LogP contribution < -0.4 is 0 Å². The number of hydrogen-bond donors (Lipinski definition) is 1.